The predicted octanol–water partition coefficient (Wildman–Crippen LogP) is 2.85. The molecule has 8 nitrogen and oxygen atoms in total. The Labute approximate surface area is 173 Å². The topological polar surface area (TPSA) is 109 Å². The number of aromatic nitrogens is 1. The SMILES string of the molecule is Cc1[nH]c2ccccc2c1C(=O)[C@H](C)OC(=O)CCN1C(=O)NC2(CCCC2)C1=O. The highest BCUT2D eigenvalue weighted by Gasteiger charge is 2.52. The summed E-state index contributed by atoms with van der Waals surface area (Å²) in [7, 11) is 0. The molecular weight excluding hydrogens is 386 g/mol. The Bertz CT molecular complexity index is 1030. The number of fused-ring (bicyclic) bond motifs is 1. The summed E-state index contributed by atoms with van der Waals surface area (Å²) in [6.45, 7) is 3.28. The molecule has 8 heteroatoms. The fraction of sp³-hybridized carbons (Fsp3) is 0.455. The molecule has 4 rings (SSSR count). The number of para-hydroxylation sites is 1. The van der Waals surface area contributed by atoms with E-state index in [4.69, 9.17) is 4.74 Å². The molecule has 2 aromatic rings. The number of ether oxygens (including phenoxy) is 1. The molecule has 0 bridgehead atoms. The van der Waals surface area contributed by atoms with E-state index in [-0.39, 0.29) is 24.7 Å². The van der Waals surface area contributed by atoms with Gasteiger partial charge < -0.3 is 15.0 Å². The van der Waals surface area contributed by atoms with Crippen LogP contribution in [-0.2, 0) is 14.3 Å². The lowest BCUT2D eigenvalue weighted by atomic mass is 9.98. The number of benzene rings is 1. The first-order valence-electron chi connectivity index (χ1n) is 10.3. The Hall–Kier alpha value is -3.16. The molecule has 1 aromatic heterocycles. The number of hydrogen-bond acceptors (Lipinski definition) is 5. The summed E-state index contributed by atoms with van der Waals surface area (Å²) < 4.78 is 5.32. The van der Waals surface area contributed by atoms with Crippen molar-refractivity contribution in [3.63, 3.8) is 0 Å². The number of Topliss-reactive ketones (excluding diaryl/α,β-unsaturated/α-hetero) is 1. The molecule has 0 radical (unpaired) electrons. The van der Waals surface area contributed by atoms with E-state index in [9.17, 15) is 19.2 Å². The van der Waals surface area contributed by atoms with E-state index in [0.29, 0.717) is 24.1 Å². The lowest BCUT2D eigenvalue weighted by Gasteiger charge is -2.20. The first kappa shape index (κ1) is 20.1. The van der Waals surface area contributed by atoms with E-state index in [1.165, 1.54) is 6.92 Å². The zero-order chi connectivity index (χ0) is 21.5. The Morgan fingerprint density at radius 2 is 1.90 bits per heavy atom. The average molecular weight is 411 g/mol. The molecule has 2 heterocycles. The third-order valence-corrected chi connectivity index (χ3v) is 6.06. The maximum Gasteiger partial charge on any atom is 0.325 e. The second-order valence-electron chi connectivity index (χ2n) is 8.09. The molecular formula is C22H25N3O5. The van der Waals surface area contributed by atoms with Crippen molar-refractivity contribution < 1.29 is 23.9 Å². The van der Waals surface area contributed by atoms with Crippen LogP contribution in [0.1, 0.15) is 55.1 Å². The number of H-pyrrole nitrogens is 1. The number of esters is 1. The van der Waals surface area contributed by atoms with Gasteiger partial charge in [0.25, 0.3) is 5.91 Å². The summed E-state index contributed by atoms with van der Waals surface area (Å²) in [6.07, 6.45) is 1.94. The maximum absolute atomic E-state index is 12.9. The smallest absolute Gasteiger partial charge is 0.325 e. The molecule has 1 aliphatic heterocycles. The molecule has 1 aliphatic carbocycles. The molecule has 30 heavy (non-hydrogen) atoms. The number of urea groups is 1. The summed E-state index contributed by atoms with van der Waals surface area (Å²) in [6, 6.07) is 6.98. The number of nitrogens with one attached hydrogen (secondary N) is 2. The lowest BCUT2D eigenvalue weighted by Crippen LogP contribution is -2.44. The van der Waals surface area contributed by atoms with Gasteiger partial charge in [0.05, 0.1) is 6.42 Å². The molecule has 158 valence electrons. The number of rotatable bonds is 6. The number of aromatic amines is 1. The number of imide groups is 1. The van der Waals surface area contributed by atoms with Crippen molar-refractivity contribution in [1.29, 1.82) is 0 Å². The standard InChI is InChI=1S/C22H25N3O5/c1-13-18(15-7-3-4-8-16(15)23-13)19(27)14(2)30-17(26)9-12-25-20(28)22(24-21(25)29)10-5-6-11-22/h3-4,7-8,14,23H,5-6,9-12H2,1-2H3,(H,24,29)/t14-/m0/s1. The molecule has 1 atom stereocenters. The fourth-order valence-electron chi connectivity index (χ4n) is 4.51. The van der Waals surface area contributed by atoms with Crippen molar-refractivity contribution in [1.82, 2.24) is 15.2 Å². The van der Waals surface area contributed by atoms with E-state index in [0.717, 1.165) is 28.6 Å². The second kappa shape index (κ2) is 7.59. The zero-order valence-corrected chi connectivity index (χ0v) is 17.1. The van der Waals surface area contributed by atoms with E-state index in [1.54, 1.807) is 6.92 Å². The van der Waals surface area contributed by atoms with Crippen LogP contribution in [0.2, 0.25) is 0 Å². The van der Waals surface area contributed by atoms with Gasteiger partial charge in [-0.25, -0.2) is 4.79 Å². The molecule has 1 spiro atoms. The van der Waals surface area contributed by atoms with Crippen LogP contribution in [0.25, 0.3) is 10.9 Å². The van der Waals surface area contributed by atoms with Gasteiger partial charge in [0.1, 0.15) is 5.54 Å². The monoisotopic (exact) mass is 411 g/mol. The molecule has 2 N–H and O–H groups in total. The quantitative estimate of drug-likeness (QED) is 0.432. The van der Waals surface area contributed by atoms with Gasteiger partial charge in [-0.1, -0.05) is 31.0 Å². The van der Waals surface area contributed by atoms with Crippen molar-refractivity contribution in [2.75, 3.05) is 6.54 Å². The number of aryl methyl sites for hydroxylation is 1. The van der Waals surface area contributed by atoms with Gasteiger partial charge in [0.2, 0.25) is 5.78 Å². The highest BCUT2D eigenvalue weighted by atomic mass is 16.5. The Morgan fingerprint density at radius 1 is 1.20 bits per heavy atom. The first-order chi connectivity index (χ1) is 14.3. The van der Waals surface area contributed by atoms with Gasteiger partial charge in [-0.3, -0.25) is 19.3 Å². The molecule has 1 aromatic carbocycles. The minimum absolute atomic E-state index is 0.0573. The third-order valence-electron chi connectivity index (χ3n) is 6.06. The van der Waals surface area contributed by atoms with Crippen molar-refractivity contribution in [3.05, 3.63) is 35.5 Å². The minimum atomic E-state index is -0.973. The Balaban J connectivity index is 1.37. The highest BCUT2D eigenvalue weighted by molar-refractivity contribution is 6.11. The normalized spacial score (nSPS) is 18.8. The maximum atomic E-state index is 12.9. The number of ketones is 1. The Kier molecular flexibility index (Phi) is 5.09. The number of carbonyl (C=O) groups excluding carboxylic acids is 4. The molecule has 3 amide bonds. The van der Waals surface area contributed by atoms with Crippen molar-refractivity contribution in [2.45, 2.75) is 57.6 Å². The first-order valence-corrected chi connectivity index (χ1v) is 10.3. The van der Waals surface area contributed by atoms with E-state index in [2.05, 4.69) is 10.3 Å². The van der Waals surface area contributed by atoms with Gasteiger partial charge in [-0.15, -0.1) is 0 Å². The molecule has 2 aliphatic rings. The molecule has 2 fully saturated rings. The number of carbonyl (C=O) groups is 4. The van der Waals surface area contributed by atoms with Crippen LogP contribution in [0.5, 0.6) is 0 Å². The summed E-state index contributed by atoms with van der Waals surface area (Å²) in [5.74, 6) is -1.18. The van der Waals surface area contributed by atoms with Crippen LogP contribution in [-0.4, -0.2) is 51.8 Å². The van der Waals surface area contributed by atoms with E-state index < -0.39 is 23.6 Å². The van der Waals surface area contributed by atoms with Crippen molar-refractivity contribution >= 4 is 34.6 Å². The van der Waals surface area contributed by atoms with Crippen LogP contribution in [0, 0.1) is 6.92 Å². The van der Waals surface area contributed by atoms with Gasteiger partial charge in [-0.05, 0) is 32.8 Å². The van der Waals surface area contributed by atoms with Gasteiger partial charge in [0.15, 0.2) is 6.10 Å². The number of nitrogens with zero attached hydrogens (tertiary/aromatic N) is 1. The van der Waals surface area contributed by atoms with Gasteiger partial charge in [0, 0.05) is 28.7 Å². The van der Waals surface area contributed by atoms with Crippen LogP contribution in [0.15, 0.2) is 24.3 Å². The third kappa shape index (κ3) is 3.36. The van der Waals surface area contributed by atoms with Crippen molar-refractivity contribution in [3.8, 4) is 0 Å². The van der Waals surface area contributed by atoms with E-state index >= 15 is 0 Å². The summed E-state index contributed by atoms with van der Waals surface area (Å²) in [5, 5.41) is 3.56. The van der Waals surface area contributed by atoms with Crippen LogP contribution in [0.4, 0.5) is 4.79 Å². The summed E-state index contributed by atoms with van der Waals surface area (Å²) in [4.78, 5) is 54.3. The molecule has 0 unspecified atom stereocenters. The van der Waals surface area contributed by atoms with Crippen LogP contribution >= 0.6 is 0 Å². The largest absolute Gasteiger partial charge is 0.454 e. The molecule has 1 saturated carbocycles. The fourth-order valence-corrected chi connectivity index (χ4v) is 4.51. The zero-order valence-electron chi connectivity index (χ0n) is 17.1. The van der Waals surface area contributed by atoms with Crippen LogP contribution in [0.3, 0.4) is 0 Å². The lowest BCUT2D eigenvalue weighted by molar-refractivity contribution is -0.146. The highest BCUT2D eigenvalue weighted by Crippen LogP contribution is 2.35. The summed E-state index contributed by atoms with van der Waals surface area (Å²) in [5.41, 5.74) is 1.27. The van der Waals surface area contributed by atoms with Crippen molar-refractivity contribution in [2.24, 2.45) is 0 Å². The van der Waals surface area contributed by atoms with Crippen LogP contribution < -0.4 is 5.32 Å². The average Bonchev–Trinajstić information content (AvgIpc) is 3.37. The van der Waals surface area contributed by atoms with Gasteiger partial charge in [-0.2, -0.15) is 0 Å². The summed E-state index contributed by atoms with van der Waals surface area (Å²) >= 11 is 0. The minimum Gasteiger partial charge on any atom is -0.454 e. The number of amides is 3. The Morgan fingerprint density at radius 3 is 2.63 bits per heavy atom. The van der Waals surface area contributed by atoms with Gasteiger partial charge >= 0.3 is 12.0 Å². The van der Waals surface area contributed by atoms with E-state index in [1.807, 2.05) is 24.3 Å². The molecule has 1 saturated heterocycles. The predicted molar refractivity (Wildman–Crippen MR) is 109 cm³/mol. The number of hydrogen-bond donors (Lipinski definition) is 2. The second-order valence-corrected chi connectivity index (χ2v) is 8.09.